The number of hydrogen-bond acceptors (Lipinski definition) is 4. The minimum atomic E-state index is -0.135. The summed E-state index contributed by atoms with van der Waals surface area (Å²) in [7, 11) is 0. The number of benzene rings is 1. The first kappa shape index (κ1) is 15.9. The molecule has 1 aromatic carbocycles. The molecule has 2 N–H and O–H groups in total. The van der Waals surface area contributed by atoms with Crippen molar-refractivity contribution in [1.29, 1.82) is 0 Å². The second-order valence-electron chi connectivity index (χ2n) is 5.68. The van der Waals surface area contributed by atoms with Crippen molar-refractivity contribution in [2.45, 2.75) is 37.7 Å². The molecule has 3 rings (SSSR count). The molecule has 6 heteroatoms. The number of nitrogens with one attached hydrogen (secondary N) is 2. The number of thioether (sulfide) groups is 1. The van der Waals surface area contributed by atoms with Crippen molar-refractivity contribution in [1.82, 2.24) is 10.2 Å². The van der Waals surface area contributed by atoms with E-state index in [1.165, 1.54) is 0 Å². The predicted octanol–water partition coefficient (Wildman–Crippen LogP) is 3.67. The van der Waals surface area contributed by atoms with E-state index in [0.29, 0.717) is 5.82 Å². The van der Waals surface area contributed by atoms with Crippen LogP contribution in [0.1, 0.15) is 42.3 Å². The van der Waals surface area contributed by atoms with Gasteiger partial charge in [-0.1, -0.05) is 19.1 Å². The fourth-order valence-electron chi connectivity index (χ4n) is 2.61. The lowest BCUT2D eigenvalue weighted by atomic mass is 10.0. The van der Waals surface area contributed by atoms with Gasteiger partial charge in [-0.3, -0.25) is 9.89 Å². The van der Waals surface area contributed by atoms with E-state index in [-0.39, 0.29) is 16.4 Å². The fraction of sp³-hybridized carbons (Fsp3) is 0.412. The third-order valence-corrected chi connectivity index (χ3v) is 5.27. The first-order chi connectivity index (χ1) is 11.1. The highest BCUT2D eigenvalue weighted by Crippen LogP contribution is 2.44. The van der Waals surface area contributed by atoms with Crippen LogP contribution in [-0.4, -0.2) is 28.0 Å². The van der Waals surface area contributed by atoms with Crippen LogP contribution in [0.4, 0.5) is 5.82 Å². The van der Waals surface area contributed by atoms with Crippen LogP contribution < -0.4 is 10.1 Å². The number of carbonyl (C=O) groups is 1. The first-order valence-corrected chi connectivity index (χ1v) is 8.78. The molecule has 1 aromatic heterocycles. The zero-order valence-corrected chi connectivity index (χ0v) is 14.4. The second-order valence-corrected chi connectivity index (χ2v) is 7.13. The molecule has 0 saturated carbocycles. The Balaban J connectivity index is 1.94. The molecule has 2 heterocycles. The van der Waals surface area contributed by atoms with Crippen LogP contribution in [0.25, 0.3) is 0 Å². The number of aryl methyl sites for hydroxylation is 1. The number of aromatic amines is 1. The van der Waals surface area contributed by atoms with E-state index >= 15 is 0 Å². The van der Waals surface area contributed by atoms with Crippen LogP contribution >= 0.6 is 11.8 Å². The predicted molar refractivity (Wildman–Crippen MR) is 93.1 cm³/mol. The zero-order chi connectivity index (χ0) is 16.4. The van der Waals surface area contributed by atoms with E-state index in [2.05, 4.69) is 34.6 Å². The number of H-pyrrole nitrogens is 1. The minimum Gasteiger partial charge on any atom is -0.494 e. The normalized spacial score (nSPS) is 20.6. The lowest BCUT2D eigenvalue weighted by Crippen LogP contribution is -2.21. The molecule has 1 amide bonds. The van der Waals surface area contributed by atoms with Crippen molar-refractivity contribution in [3.8, 4) is 5.75 Å². The van der Waals surface area contributed by atoms with Crippen LogP contribution in [0.5, 0.6) is 5.75 Å². The van der Waals surface area contributed by atoms with Gasteiger partial charge in [-0.05, 0) is 38.0 Å². The Kier molecular flexibility index (Phi) is 4.61. The number of hydrogen-bond donors (Lipinski definition) is 2. The summed E-state index contributed by atoms with van der Waals surface area (Å²) in [5.74, 6) is 1.51. The summed E-state index contributed by atoms with van der Waals surface area (Å²) in [5, 5.41) is 10.1. The van der Waals surface area contributed by atoms with Crippen LogP contribution in [0.3, 0.4) is 0 Å². The maximum absolute atomic E-state index is 12.1. The summed E-state index contributed by atoms with van der Waals surface area (Å²) < 4.78 is 5.65. The summed E-state index contributed by atoms with van der Waals surface area (Å²) in [4.78, 5) is 12.1. The Morgan fingerprint density at radius 3 is 2.74 bits per heavy atom. The molecule has 122 valence electrons. The molecule has 1 aliphatic rings. The van der Waals surface area contributed by atoms with Gasteiger partial charge in [0.05, 0.1) is 17.1 Å². The standard InChI is InChI=1S/C17H21N3O2S/c1-4-9-22-13-7-5-12(6-8-13)15-14-10(2)19-20-16(14)18-17(21)11(3)23-15/h5-8,11,15H,4,9H2,1-3H3,(H2,18,19,20,21). The number of nitrogens with zero attached hydrogens (tertiary/aromatic N) is 1. The number of aromatic nitrogens is 2. The smallest absolute Gasteiger partial charge is 0.238 e. The molecule has 0 radical (unpaired) electrons. The fourth-order valence-corrected chi connectivity index (χ4v) is 3.94. The summed E-state index contributed by atoms with van der Waals surface area (Å²) in [5.41, 5.74) is 3.18. The van der Waals surface area contributed by atoms with E-state index in [1.807, 2.05) is 26.0 Å². The highest BCUT2D eigenvalue weighted by Gasteiger charge is 2.32. The lowest BCUT2D eigenvalue weighted by molar-refractivity contribution is -0.115. The Bertz CT molecular complexity index is 696. The lowest BCUT2D eigenvalue weighted by Gasteiger charge is -2.18. The quantitative estimate of drug-likeness (QED) is 0.897. The van der Waals surface area contributed by atoms with Crippen LogP contribution in [0.2, 0.25) is 0 Å². The summed E-state index contributed by atoms with van der Waals surface area (Å²) >= 11 is 1.64. The van der Waals surface area contributed by atoms with Crippen LogP contribution in [-0.2, 0) is 4.79 Å². The summed E-state index contributed by atoms with van der Waals surface area (Å²) in [6.07, 6.45) is 0.989. The van der Waals surface area contributed by atoms with Gasteiger partial charge in [0.1, 0.15) is 5.75 Å². The topological polar surface area (TPSA) is 67.0 Å². The molecule has 0 aliphatic carbocycles. The molecule has 23 heavy (non-hydrogen) atoms. The zero-order valence-electron chi connectivity index (χ0n) is 13.6. The second kappa shape index (κ2) is 6.66. The molecule has 2 unspecified atom stereocenters. The molecule has 2 atom stereocenters. The van der Waals surface area contributed by atoms with Crippen LogP contribution in [0, 0.1) is 6.92 Å². The third-order valence-electron chi connectivity index (χ3n) is 3.86. The Hall–Kier alpha value is -1.95. The van der Waals surface area contributed by atoms with E-state index in [1.54, 1.807) is 11.8 Å². The van der Waals surface area contributed by atoms with Gasteiger partial charge in [-0.2, -0.15) is 5.10 Å². The SMILES string of the molecule is CCCOc1ccc(C2SC(C)C(=O)Nc3n[nH]c(C)c32)cc1. The molecule has 2 aromatic rings. The maximum atomic E-state index is 12.1. The van der Waals surface area contributed by atoms with Gasteiger partial charge in [-0.15, -0.1) is 11.8 Å². The Morgan fingerprint density at radius 1 is 1.30 bits per heavy atom. The number of carbonyl (C=O) groups excluding carboxylic acids is 1. The van der Waals surface area contributed by atoms with E-state index in [9.17, 15) is 4.79 Å². The van der Waals surface area contributed by atoms with Crippen molar-refractivity contribution in [3.63, 3.8) is 0 Å². The Morgan fingerprint density at radius 2 is 2.04 bits per heavy atom. The van der Waals surface area contributed by atoms with Gasteiger partial charge in [0.15, 0.2) is 5.82 Å². The third kappa shape index (κ3) is 3.22. The summed E-state index contributed by atoms with van der Waals surface area (Å²) in [6.45, 7) is 6.72. The van der Waals surface area contributed by atoms with E-state index in [4.69, 9.17) is 4.74 Å². The Labute approximate surface area is 140 Å². The van der Waals surface area contributed by atoms with Crippen molar-refractivity contribution < 1.29 is 9.53 Å². The molecular formula is C17H21N3O2S. The van der Waals surface area contributed by atoms with Crippen molar-refractivity contribution in [3.05, 3.63) is 41.1 Å². The highest BCUT2D eigenvalue weighted by atomic mass is 32.2. The summed E-state index contributed by atoms with van der Waals surface area (Å²) in [6, 6.07) is 8.12. The van der Waals surface area contributed by atoms with Crippen molar-refractivity contribution in [2.24, 2.45) is 0 Å². The van der Waals surface area contributed by atoms with Crippen molar-refractivity contribution >= 4 is 23.5 Å². The van der Waals surface area contributed by atoms with Gasteiger partial charge in [0, 0.05) is 11.3 Å². The number of anilines is 1. The molecule has 1 aliphatic heterocycles. The highest BCUT2D eigenvalue weighted by molar-refractivity contribution is 8.01. The number of rotatable bonds is 4. The van der Waals surface area contributed by atoms with Gasteiger partial charge < -0.3 is 10.1 Å². The largest absolute Gasteiger partial charge is 0.494 e. The first-order valence-electron chi connectivity index (χ1n) is 7.84. The molecular weight excluding hydrogens is 310 g/mol. The monoisotopic (exact) mass is 331 g/mol. The van der Waals surface area contributed by atoms with Gasteiger partial charge in [0.25, 0.3) is 0 Å². The van der Waals surface area contributed by atoms with Gasteiger partial charge in [-0.25, -0.2) is 0 Å². The van der Waals surface area contributed by atoms with Gasteiger partial charge in [0.2, 0.25) is 5.91 Å². The molecule has 5 nitrogen and oxygen atoms in total. The molecule has 0 bridgehead atoms. The van der Waals surface area contributed by atoms with Gasteiger partial charge >= 0.3 is 0 Å². The van der Waals surface area contributed by atoms with Crippen LogP contribution in [0.15, 0.2) is 24.3 Å². The average molecular weight is 331 g/mol. The molecule has 0 spiro atoms. The molecule has 0 saturated heterocycles. The number of amides is 1. The maximum Gasteiger partial charge on any atom is 0.238 e. The average Bonchev–Trinajstić information content (AvgIpc) is 2.85. The number of ether oxygens (including phenoxy) is 1. The molecule has 0 fully saturated rings. The van der Waals surface area contributed by atoms with E-state index < -0.39 is 0 Å². The minimum absolute atomic E-state index is 0.00634. The van der Waals surface area contributed by atoms with E-state index in [0.717, 1.165) is 35.6 Å². The number of fused-ring (bicyclic) bond motifs is 1. The van der Waals surface area contributed by atoms with Crippen molar-refractivity contribution in [2.75, 3.05) is 11.9 Å².